The smallest absolute Gasteiger partial charge is 0.320 e. The number of hydrogen-bond donors (Lipinski definition) is 3. The minimum absolute atomic E-state index is 0.00233. The molecule has 4 amide bonds. The third-order valence-electron chi connectivity index (χ3n) is 8.39. The lowest BCUT2D eigenvalue weighted by Crippen LogP contribution is -2.54. The number of piperazine rings is 1. The molecule has 0 spiro atoms. The standard InChI is InChI=1S/C35H41N5O7/c1-24-3-7-26(8-4-24)29(23-33(42)43)37-34(44)27-9-12-31(30(22-27)36-32(41)21-25-5-10-28(46-2)11-6-25)38-13-15-39(16-14-38)35(45)40-17-19-47-20-18-40/h3-12,22,29H,13-21,23H2,1-2H3,(H,36,41)(H,37,44)(H,42,43). The first kappa shape index (κ1) is 33.3. The fraction of sp³-hybridized carbons (Fsp3) is 0.371. The number of carbonyl (C=O) groups is 4. The molecule has 0 radical (unpaired) electrons. The molecule has 1 unspecified atom stereocenters. The van der Waals surface area contributed by atoms with Gasteiger partial charge in [0.1, 0.15) is 5.75 Å². The van der Waals surface area contributed by atoms with Crippen LogP contribution in [0, 0.1) is 6.92 Å². The van der Waals surface area contributed by atoms with Crippen LogP contribution in [0.4, 0.5) is 16.2 Å². The van der Waals surface area contributed by atoms with E-state index >= 15 is 0 Å². The summed E-state index contributed by atoms with van der Waals surface area (Å²) in [7, 11) is 1.58. The number of urea groups is 1. The Balaban J connectivity index is 1.35. The maximum absolute atomic E-state index is 13.5. The van der Waals surface area contributed by atoms with Crippen LogP contribution in [-0.4, -0.2) is 98.3 Å². The zero-order chi connectivity index (χ0) is 33.3. The van der Waals surface area contributed by atoms with Gasteiger partial charge in [0.05, 0.1) is 50.6 Å². The number of ether oxygens (including phenoxy) is 2. The number of nitrogens with zero attached hydrogens (tertiary/aromatic N) is 3. The van der Waals surface area contributed by atoms with Gasteiger partial charge in [0, 0.05) is 44.8 Å². The van der Waals surface area contributed by atoms with Gasteiger partial charge in [0.2, 0.25) is 5.91 Å². The average Bonchev–Trinajstić information content (AvgIpc) is 3.08. The number of amides is 4. The highest BCUT2D eigenvalue weighted by Gasteiger charge is 2.28. The highest BCUT2D eigenvalue weighted by atomic mass is 16.5. The van der Waals surface area contributed by atoms with Gasteiger partial charge in [-0.05, 0) is 48.4 Å². The molecule has 2 saturated heterocycles. The van der Waals surface area contributed by atoms with Crippen LogP contribution in [0.3, 0.4) is 0 Å². The monoisotopic (exact) mass is 643 g/mol. The third-order valence-corrected chi connectivity index (χ3v) is 8.39. The van der Waals surface area contributed by atoms with E-state index in [0.717, 1.165) is 16.8 Å². The number of carbonyl (C=O) groups excluding carboxylic acids is 3. The van der Waals surface area contributed by atoms with E-state index in [1.165, 1.54) is 0 Å². The molecule has 0 saturated carbocycles. The van der Waals surface area contributed by atoms with Gasteiger partial charge < -0.3 is 39.9 Å². The molecule has 2 fully saturated rings. The summed E-state index contributed by atoms with van der Waals surface area (Å²) >= 11 is 0. The van der Waals surface area contributed by atoms with Gasteiger partial charge in [-0.15, -0.1) is 0 Å². The van der Waals surface area contributed by atoms with Gasteiger partial charge in [0.15, 0.2) is 0 Å². The second-order valence-corrected chi connectivity index (χ2v) is 11.7. The van der Waals surface area contributed by atoms with Gasteiger partial charge in [-0.1, -0.05) is 42.0 Å². The first-order valence-electron chi connectivity index (χ1n) is 15.7. The highest BCUT2D eigenvalue weighted by Crippen LogP contribution is 2.30. The molecule has 0 bridgehead atoms. The molecule has 2 heterocycles. The maximum atomic E-state index is 13.5. The van der Waals surface area contributed by atoms with Crippen LogP contribution in [0.1, 0.15) is 39.5 Å². The minimum atomic E-state index is -1.04. The van der Waals surface area contributed by atoms with E-state index in [4.69, 9.17) is 9.47 Å². The SMILES string of the molecule is COc1ccc(CC(=O)Nc2cc(C(=O)NC(CC(=O)O)c3ccc(C)cc3)ccc2N2CCN(C(=O)N3CCOCC3)CC2)cc1. The van der Waals surface area contributed by atoms with Gasteiger partial charge in [-0.3, -0.25) is 14.4 Å². The molecule has 2 aliphatic rings. The Morgan fingerprint density at radius 2 is 1.53 bits per heavy atom. The number of methoxy groups -OCH3 is 1. The van der Waals surface area contributed by atoms with E-state index in [1.807, 2.05) is 41.0 Å². The Morgan fingerprint density at radius 3 is 2.17 bits per heavy atom. The largest absolute Gasteiger partial charge is 0.497 e. The Kier molecular flexibility index (Phi) is 10.9. The van der Waals surface area contributed by atoms with Crippen molar-refractivity contribution in [3.8, 4) is 5.75 Å². The number of morpholine rings is 1. The normalized spacial score (nSPS) is 15.5. The number of rotatable bonds is 10. The molecule has 2 aliphatic heterocycles. The highest BCUT2D eigenvalue weighted by molar-refractivity contribution is 6.00. The molecule has 3 aromatic rings. The van der Waals surface area contributed by atoms with E-state index in [9.17, 15) is 24.3 Å². The molecule has 47 heavy (non-hydrogen) atoms. The molecule has 0 aromatic heterocycles. The van der Waals surface area contributed by atoms with Gasteiger partial charge in [0.25, 0.3) is 5.91 Å². The fourth-order valence-electron chi connectivity index (χ4n) is 5.74. The van der Waals surface area contributed by atoms with Crippen LogP contribution in [0.15, 0.2) is 66.7 Å². The van der Waals surface area contributed by atoms with Crippen molar-refractivity contribution in [1.29, 1.82) is 0 Å². The summed E-state index contributed by atoms with van der Waals surface area (Å²) in [5, 5.41) is 15.4. The van der Waals surface area contributed by atoms with Crippen LogP contribution in [0.25, 0.3) is 0 Å². The van der Waals surface area contributed by atoms with Gasteiger partial charge >= 0.3 is 12.0 Å². The summed E-state index contributed by atoms with van der Waals surface area (Å²) < 4.78 is 10.6. The summed E-state index contributed by atoms with van der Waals surface area (Å²) in [4.78, 5) is 57.2. The van der Waals surface area contributed by atoms with Crippen molar-refractivity contribution < 1.29 is 33.8 Å². The number of aryl methyl sites for hydroxylation is 1. The molecule has 3 N–H and O–H groups in total. The van der Waals surface area contributed by atoms with E-state index in [1.54, 1.807) is 49.6 Å². The molecular weight excluding hydrogens is 602 g/mol. The van der Waals surface area contributed by atoms with Crippen LogP contribution >= 0.6 is 0 Å². The number of aliphatic carboxylic acids is 1. The van der Waals surface area contributed by atoms with Crippen LogP contribution < -0.4 is 20.3 Å². The lowest BCUT2D eigenvalue weighted by atomic mass is 10.0. The first-order chi connectivity index (χ1) is 22.7. The molecule has 3 aromatic carbocycles. The lowest BCUT2D eigenvalue weighted by Gasteiger charge is -2.39. The molecule has 12 nitrogen and oxygen atoms in total. The Hall–Kier alpha value is -5.10. The van der Waals surface area contributed by atoms with E-state index in [-0.39, 0.29) is 30.3 Å². The zero-order valence-electron chi connectivity index (χ0n) is 26.7. The van der Waals surface area contributed by atoms with Crippen LogP contribution in [0.5, 0.6) is 5.75 Å². The number of benzene rings is 3. The van der Waals surface area contributed by atoms with Gasteiger partial charge in [-0.25, -0.2) is 4.79 Å². The molecule has 12 heteroatoms. The van der Waals surface area contributed by atoms with Crippen molar-refractivity contribution in [2.45, 2.75) is 25.8 Å². The average molecular weight is 644 g/mol. The minimum Gasteiger partial charge on any atom is -0.497 e. The molecule has 248 valence electrons. The quantitative estimate of drug-likeness (QED) is 0.304. The maximum Gasteiger partial charge on any atom is 0.320 e. The molecule has 0 aliphatic carbocycles. The second-order valence-electron chi connectivity index (χ2n) is 11.7. The molecule has 1 atom stereocenters. The Morgan fingerprint density at radius 1 is 0.872 bits per heavy atom. The lowest BCUT2D eigenvalue weighted by molar-refractivity contribution is -0.137. The molecule has 5 rings (SSSR count). The van der Waals surface area contributed by atoms with Crippen molar-refractivity contribution in [2.75, 3.05) is 69.8 Å². The first-order valence-corrected chi connectivity index (χ1v) is 15.7. The summed E-state index contributed by atoms with van der Waals surface area (Å²) in [5.41, 5.74) is 3.95. The Labute approximate surface area is 274 Å². The Bertz CT molecular complexity index is 1560. The van der Waals surface area contributed by atoms with Crippen molar-refractivity contribution in [2.24, 2.45) is 0 Å². The number of hydrogen-bond acceptors (Lipinski definition) is 7. The van der Waals surface area contributed by atoms with E-state index < -0.39 is 17.9 Å². The number of nitrogens with one attached hydrogen (secondary N) is 2. The number of carboxylic acid groups (broad SMARTS) is 1. The van der Waals surface area contributed by atoms with Crippen molar-refractivity contribution in [1.82, 2.24) is 15.1 Å². The van der Waals surface area contributed by atoms with Crippen LogP contribution in [0.2, 0.25) is 0 Å². The van der Waals surface area contributed by atoms with Crippen molar-refractivity contribution in [3.63, 3.8) is 0 Å². The van der Waals surface area contributed by atoms with Crippen molar-refractivity contribution in [3.05, 3.63) is 89.0 Å². The summed E-state index contributed by atoms with van der Waals surface area (Å²) in [5.74, 6) is -1.08. The summed E-state index contributed by atoms with van der Waals surface area (Å²) in [6.07, 6.45) is -0.179. The molecular formula is C35H41N5O7. The predicted molar refractivity (Wildman–Crippen MR) is 177 cm³/mol. The topological polar surface area (TPSA) is 141 Å². The zero-order valence-corrected chi connectivity index (χ0v) is 26.7. The second kappa shape index (κ2) is 15.5. The summed E-state index contributed by atoms with van der Waals surface area (Å²) in [6, 6.07) is 18.9. The predicted octanol–water partition coefficient (Wildman–Crippen LogP) is 3.70. The summed E-state index contributed by atoms with van der Waals surface area (Å²) in [6.45, 7) is 6.24. The number of anilines is 2. The third kappa shape index (κ3) is 8.79. The van der Waals surface area contributed by atoms with E-state index in [0.29, 0.717) is 69.5 Å². The van der Waals surface area contributed by atoms with Crippen LogP contribution in [-0.2, 0) is 20.7 Å². The van der Waals surface area contributed by atoms with E-state index in [2.05, 4.69) is 15.5 Å². The number of carboxylic acids is 1. The van der Waals surface area contributed by atoms with Gasteiger partial charge in [-0.2, -0.15) is 0 Å². The fourth-order valence-corrected chi connectivity index (χ4v) is 5.74. The van der Waals surface area contributed by atoms with Crippen molar-refractivity contribution >= 4 is 35.2 Å².